The van der Waals surface area contributed by atoms with E-state index in [0.29, 0.717) is 12.2 Å². The van der Waals surface area contributed by atoms with Gasteiger partial charge in [0.25, 0.3) is 0 Å². The van der Waals surface area contributed by atoms with Gasteiger partial charge in [0.1, 0.15) is 5.82 Å². The molecule has 0 amide bonds. The fourth-order valence-electron chi connectivity index (χ4n) is 1.45. The lowest BCUT2D eigenvalue weighted by Gasteiger charge is -2.16. The van der Waals surface area contributed by atoms with Crippen molar-refractivity contribution >= 4 is 17.4 Å². The zero-order valence-corrected chi connectivity index (χ0v) is 10.3. The highest BCUT2D eigenvalue weighted by Crippen LogP contribution is 2.28. The summed E-state index contributed by atoms with van der Waals surface area (Å²) in [6, 6.07) is 2.39. The first-order valence-electron chi connectivity index (χ1n) is 5.23. The molecule has 0 aliphatic heterocycles. The average Bonchev–Trinajstić information content (AvgIpc) is 2.15. The maximum Gasteiger partial charge on any atom is 0.417 e. The molecule has 0 aliphatic carbocycles. The van der Waals surface area contributed by atoms with Crippen LogP contribution in [-0.4, -0.2) is 16.4 Å². The zero-order chi connectivity index (χ0) is 13.1. The van der Waals surface area contributed by atoms with Gasteiger partial charge in [0, 0.05) is 17.6 Å². The Morgan fingerprint density at radius 3 is 2.41 bits per heavy atom. The number of halogens is 4. The monoisotopic (exact) mass is 266 g/mol. The fraction of sp³-hybridized carbons (Fsp3) is 0.545. The third-order valence-electron chi connectivity index (χ3n) is 2.16. The lowest BCUT2D eigenvalue weighted by Crippen LogP contribution is -2.19. The molecule has 2 atom stereocenters. The van der Waals surface area contributed by atoms with Crippen LogP contribution in [0.15, 0.2) is 18.3 Å². The summed E-state index contributed by atoms with van der Waals surface area (Å²) in [7, 11) is 0. The minimum absolute atomic E-state index is 0.00643. The van der Waals surface area contributed by atoms with Gasteiger partial charge in [-0.1, -0.05) is 0 Å². The van der Waals surface area contributed by atoms with Crippen LogP contribution in [0.3, 0.4) is 0 Å². The van der Waals surface area contributed by atoms with E-state index in [4.69, 9.17) is 11.6 Å². The Hall–Kier alpha value is -0.970. The predicted molar refractivity (Wildman–Crippen MR) is 62.3 cm³/mol. The van der Waals surface area contributed by atoms with E-state index in [2.05, 4.69) is 10.3 Å². The normalized spacial score (nSPS) is 15.4. The zero-order valence-electron chi connectivity index (χ0n) is 9.55. The average molecular weight is 267 g/mol. The molecule has 0 saturated heterocycles. The molecule has 17 heavy (non-hydrogen) atoms. The van der Waals surface area contributed by atoms with Crippen LogP contribution < -0.4 is 5.32 Å². The number of anilines is 1. The van der Waals surface area contributed by atoms with Crippen LogP contribution in [0, 0.1) is 0 Å². The second kappa shape index (κ2) is 5.58. The molecule has 0 bridgehead atoms. The first-order chi connectivity index (χ1) is 7.79. The standard InChI is InChI=1S/C11H14ClF3N2/c1-7(12)5-8(2)17-10-4-3-9(6-16-10)11(13,14)15/h3-4,6-8H,5H2,1-2H3,(H,16,17). The minimum Gasteiger partial charge on any atom is -0.368 e. The molecule has 1 aromatic heterocycles. The molecular weight excluding hydrogens is 253 g/mol. The highest BCUT2D eigenvalue weighted by molar-refractivity contribution is 6.20. The van der Waals surface area contributed by atoms with Crippen LogP contribution in [-0.2, 0) is 6.18 Å². The van der Waals surface area contributed by atoms with Crippen molar-refractivity contribution in [1.82, 2.24) is 4.98 Å². The Morgan fingerprint density at radius 2 is 2.00 bits per heavy atom. The minimum atomic E-state index is -4.35. The topological polar surface area (TPSA) is 24.9 Å². The number of hydrogen-bond donors (Lipinski definition) is 1. The fourth-order valence-corrected chi connectivity index (χ4v) is 1.71. The van der Waals surface area contributed by atoms with Gasteiger partial charge in [-0.05, 0) is 32.4 Å². The smallest absolute Gasteiger partial charge is 0.368 e. The highest BCUT2D eigenvalue weighted by atomic mass is 35.5. The summed E-state index contributed by atoms with van der Waals surface area (Å²) in [5.74, 6) is 0.419. The Kier molecular flexibility index (Phi) is 4.62. The number of pyridine rings is 1. The molecule has 6 heteroatoms. The van der Waals surface area contributed by atoms with E-state index in [1.54, 1.807) is 0 Å². The quantitative estimate of drug-likeness (QED) is 0.836. The second-order valence-electron chi connectivity index (χ2n) is 3.99. The van der Waals surface area contributed by atoms with Gasteiger partial charge < -0.3 is 5.32 Å². The molecule has 0 aliphatic rings. The van der Waals surface area contributed by atoms with Crippen LogP contribution in [0.25, 0.3) is 0 Å². The van der Waals surface area contributed by atoms with Crippen molar-refractivity contribution < 1.29 is 13.2 Å². The first-order valence-corrected chi connectivity index (χ1v) is 5.66. The molecule has 1 rings (SSSR count). The van der Waals surface area contributed by atoms with Gasteiger partial charge in [-0.3, -0.25) is 0 Å². The van der Waals surface area contributed by atoms with Gasteiger partial charge in [-0.25, -0.2) is 4.98 Å². The van der Waals surface area contributed by atoms with Crippen LogP contribution in [0.5, 0.6) is 0 Å². The summed E-state index contributed by atoms with van der Waals surface area (Å²) in [6.07, 6.45) is -2.81. The van der Waals surface area contributed by atoms with Gasteiger partial charge in [0.15, 0.2) is 0 Å². The summed E-state index contributed by atoms with van der Waals surface area (Å²) in [5.41, 5.74) is -0.749. The van der Waals surface area contributed by atoms with Gasteiger partial charge >= 0.3 is 6.18 Å². The van der Waals surface area contributed by atoms with Crippen molar-refractivity contribution in [2.75, 3.05) is 5.32 Å². The third-order valence-corrected chi connectivity index (χ3v) is 2.34. The summed E-state index contributed by atoms with van der Waals surface area (Å²) in [6.45, 7) is 3.76. The van der Waals surface area contributed by atoms with Crippen LogP contribution in [0.1, 0.15) is 25.8 Å². The number of nitrogens with one attached hydrogen (secondary N) is 1. The van der Waals surface area contributed by atoms with Crippen LogP contribution >= 0.6 is 11.6 Å². The van der Waals surface area contributed by atoms with E-state index in [1.165, 1.54) is 6.07 Å². The van der Waals surface area contributed by atoms with E-state index >= 15 is 0 Å². The van der Waals surface area contributed by atoms with E-state index in [0.717, 1.165) is 12.3 Å². The Balaban J connectivity index is 2.63. The molecule has 96 valence electrons. The second-order valence-corrected chi connectivity index (χ2v) is 4.74. The SMILES string of the molecule is CC(Cl)CC(C)Nc1ccc(C(F)(F)F)cn1. The van der Waals surface area contributed by atoms with Gasteiger partial charge in [0.05, 0.1) is 5.56 Å². The van der Waals surface area contributed by atoms with Crippen LogP contribution in [0.4, 0.5) is 19.0 Å². The summed E-state index contributed by atoms with van der Waals surface area (Å²) in [5, 5.41) is 3.00. The summed E-state index contributed by atoms with van der Waals surface area (Å²) in [4.78, 5) is 3.72. The van der Waals surface area contributed by atoms with Gasteiger partial charge in [-0.15, -0.1) is 11.6 Å². The van der Waals surface area contributed by atoms with E-state index in [9.17, 15) is 13.2 Å². The van der Waals surface area contributed by atoms with Crippen molar-refractivity contribution in [3.63, 3.8) is 0 Å². The number of alkyl halides is 4. The maximum absolute atomic E-state index is 12.3. The molecule has 1 aromatic rings. The molecule has 0 aromatic carbocycles. The molecule has 0 fully saturated rings. The van der Waals surface area contributed by atoms with Crippen LogP contribution in [0.2, 0.25) is 0 Å². The lowest BCUT2D eigenvalue weighted by molar-refractivity contribution is -0.137. The molecule has 0 spiro atoms. The molecule has 1 heterocycles. The van der Waals surface area contributed by atoms with E-state index < -0.39 is 11.7 Å². The first kappa shape index (κ1) is 14.1. The molecule has 0 radical (unpaired) electrons. The van der Waals surface area contributed by atoms with Crippen molar-refractivity contribution in [3.8, 4) is 0 Å². The largest absolute Gasteiger partial charge is 0.417 e. The highest BCUT2D eigenvalue weighted by Gasteiger charge is 2.30. The molecule has 1 N–H and O–H groups in total. The Bertz CT molecular complexity index is 349. The van der Waals surface area contributed by atoms with Gasteiger partial charge in [0.2, 0.25) is 0 Å². The van der Waals surface area contributed by atoms with Crippen molar-refractivity contribution in [3.05, 3.63) is 23.9 Å². The van der Waals surface area contributed by atoms with Gasteiger partial charge in [-0.2, -0.15) is 13.2 Å². The number of aromatic nitrogens is 1. The molecule has 2 nitrogen and oxygen atoms in total. The van der Waals surface area contributed by atoms with Crippen molar-refractivity contribution in [2.45, 2.75) is 37.9 Å². The molecule has 2 unspecified atom stereocenters. The third kappa shape index (κ3) is 4.81. The Labute approximate surface area is 103 Å². The molecule has 0 saturated carbocycles. The summed E-state index contributed by atoms with van der Waals surface area (Å²) >= 11 is 5.81. The number of rotatable bonds is 4. The number of hydrogen-bond acceptors (Lipinski definition) is 2. The maximum atomic E-state index is 12.3. The predicted octanol–water partition coefficient (Wildman–Crippen LogP) is 3.92. The summed E-state index contributed by atoms with van der Waals surface area (Å²) < 4.78 is 36.8. The van der Waals surface area contributed by atoms with Crippen molar-refractivity contribution in [1.29, 1.82) is 0 Å². The lowest BCUT2D eigenvalue weighted by atomic mass is 10.2. The van der Waals surface area contributed by atoms with E-state index in [-0.39, 0.29) is 11.4 Å². The van der Waals surface area contributed by atoms with E-state index in [1.807, 2.05) is 13.8 Å². The number of nitrogens with zero attached hydrogens (tertiary/aromatic N) is 1. The molecular formula is C11H14ClF3N2. The van der Waals surface area contributed by atoms with Crippen molar-refractivity contribution in [2.24, 2.45) is 0 Å². The Morgan fingerprint density at radius 1 is 1.35 bits per heavy atom.